The second kappa shape index (κ2) is 9.12. The molecule has 2 N–H and O–H groups in total. The van der Waals surface area contributed by atoms with Gasteiger partial charge in [-0.1, -0.05) is 26.2 Å². The highest BCUT2D eigenvalue weighted by Crippen LogP contribution is 2.19. The van der Waals surface area contributed by atoms with Crippen molar-refractivity contribution in [2.75, 3.05) is 33.2 Å². The van der Waals surface area contributed by atoms with Crippen molar-refractivity contribution >= 4 is 5.96 Å². The van der Waals surface area contributed by atoms with E-state index in [1.165, 1.54) is 24.2 Å². The fourth-order valence-electron chi connectivity index (χ4n) is 2.49. The molecule has 1 fully saturated rings. The van der Waals surface area contributed by atoms with Crippen LogP contribution in [0.1, 0.15) is 39.0 Å². The Morgan fingerprint density at radius 1 is 1.29 bits per heavy atom. The van der Waals surface area contributed by atoms with Crippen LogP contribution in [-0.4, -0.2) is 56.3 Å². The van der Waals surface area contributed by atoms with Crippen molar-refractivity contribution in [1.29, 1.82) is 0 Å². The molecule has 0 saturated carbocycles. The van der Waals surface area contributed by atoms with Crippen molar-refractivity contribution in [3.05, 3.63) is 0 Å². The van der Waals surface area contributed by atoms with E-state index in [2.05, 4.69) is 22.5 Å². The van der Waals surface area contributed by atoms with Gasteiger partial charge in [-0.15, -0.1) is 0 Å². The van der Waals surface area contributed by atoms with E-state index in [4.69, 9.17) is 0 Å². The molecule has 0 aliphatic carbocycles. The van der Waals surface area contributed by atoms with E-state index < -0.39 is 12.7 Å². The van der Waals surface area contributed by atoms with Gasteiger partial charge in [-0.25, -0.2) is 0 Å². The molecule has 0 aromatic rings. The fraction of sp³-hybridized carbons (Fsp3) is 0.929. The number of likely N-dealkylation sites (tertiary alicyclic amines) is 1. The summed E-state index contributed by atoms with van der Waals surface area (Å²) < 4.78 is 37.0. The molecular weight excluding hydrogens is 281 g/mol. The molecule has 0 amide bonds. The number of guanidine groups is 1. The molecule has 1 aliphatic heterocycles. The third-order valence-electron chi connectivity index (χ3n) is 3.56. The van der Waals surface area contributed by atoms with Gasteiger partial charge in [-0.2, -0.15) is 13.2 Å². The summed E-state index contributed by atoms with van der Waals surface area (Å²) >= 11 is 0. The maximum Gasteiger partial charge on any atom is 0.401 e. The first kappa shape index (κ1) is 18.1. The molecule has 0 bridgehead atoms. The van der Waals surface area contributed by atoms with E-state index in [1.807, 2.05) is 0 Å². The summed E-state index contributed by atoms with van der Waals surface area (Å²) in [4.78, 5) is 5.56. The van der Waals surface area contributed by atoms with Crippen molar-refractivity contribution in [3.63, 3.8) is 0 Å². The monoisotopic (exact) mass is 308 g/mol. The largest absolute Gasteiger partial charge is 0.401 e. The molecule has 1 unspecified atom stereocenters. The summed E-state index contributed by atoms with van der Waals surface area (Å²) in [7, 11) is 1.68. The summed E-state index contributed by atoms with van der Waals surface area (Å²) in [6.45, 7) is 3.08. The van der Waals surface area contributed by atoms with Gasteiger partial charge in [0, 0.05) is 32.7 Å². The van der Waals surface area contributed by atoms with Crippen molar-refractivity contribution < 1.29 is 13.2 Å². The first-order valence-corrected chi connectivity index (χ1v) is 7.71. The highest BCUT2D eigenvalue weighted by molar-refractivity contribution is 5.79. The van der Waals surface area contributed by atoms with Crippen LogP contribution < -0.4 is 10.6 Å². The molecule has 1 aliphatic rings. The zero-order chi connectivity index (χ0) is 15.7. The van der Waals surface area contributed by atoms with Crippen LogP contribution in [0.15, 0.2) is 4.99 Å². The van der Waals surface area contributed by atoms with Crippen LogP contribution in [-0.2, 0) is 0 Å². The van der Waals surface area contributed by atoms with Gasteiger partial charge >= 0.3 is 6.18 Å². The Morgan fingerprint density at radius 3 is 2.67 bits per heavy atom. The van der Waals surface area contributed by atoms with Crippen molar-refractivity contribution in [3.8, 4) is 0 Å². The quantitative estimate of drug-likeness (QED) is 0.431. The highest BCUT2D eigenvalue weighted by atomic mass is 19.4. The smallest absolute Gasteiger partial charge is 0.356 e. The normalized spacial score (nSPS) is 20.8. The summed E-state index contributed by atoms with van der Waals surface area (Å²) in [6.07, 6.45) is 1.29. The number of halogens is 3. The van der Waals surface area contributed by atoms with E-state index in [0.29, 0.717) is 25.5 Å². The van der Waals surface area contributed by atoms with Crippen molar-refractivity contribution in [2.45, 2.75) is 51.2 Å². The second-order valence-corrected chi connectivity index (χ2v) is 5.54. The molecule has 1 rings (SSSR count). The number of hydrogen-bond donors (Lipinski definition) is 2. The minimum Gasteiger partial charge on any atom is -0.356 e. The van der Waals surface area contributed by atoms with Crippen LogP contribution in [0.25, 0.3) is 0 Å². The summed E-state index contributed by atoms with van der Waals surface area (Å²) in [5.74, 6) is 0.686. The zero-order valence-electron chi connectivity index (χ0n) is 13.0. The average Bonchev–Trinajstić information content (AvgIpc) is 2.82. The molecule has 124 valence electrons. The third kappa shape index (κ3) is 8.14. The minimum absolute atomic E-state index is 0.0363. The van der Waals surface area contributed by atoms with Crippen LogP contribution in [0.5, 0.6) is 0 Å². The van der Waals surface area contributed by atoms with Gasteiger partial charge in [0.1, 0.15) is 0 Å². The van der Waals surface area contributed by atoms with Gasteiger partial charge in [-0.3, -0.25) is 9.89 Å². The third-order valence-corrected chi connectivity index (χ3v) is 3.56. The lowest BCUT2D eigenvalue weighted by atomic mass is 10.2. The molecule has 0 aromatic carbocycles. The Morgan fingerprint density at radius 2 is 2.05 bits per heavy atom. The van der Waals surface area contributed by atoms with Gasteiger partial charge in [-0.05, 0) is 12.8 Å². The molecule has 21 heavy (non-hydrogen) atoms. The number of nitrogens with one attached hydrogen (secondary N) is 2. The van der Waals surface area contributed by atoms with E-state index in [0.717, 1.165) is 13.0 Å². The standard InChI is InChI=1S/C14H27F3N4/c1-3-4-5-6-8-19-13(18-2)20-12-7-9-21(10-12)11-14(15,16)17/h12H,3-11H2,1-2H3,(H2,18,19,20). The number of rotatable bonds is 7. The second-order valence-electron chi connectivity index (χ2n) is 5.54. The van der Waals surface area contributed by atoms with Crippen molar-refractivity contribution in [1.82, 2.24) is 15.5 Å². The zero-order valence-corrected chi connectivity index (χ0v) is 13.0. The lowest BCUT2D eigenvalue weighted by molar-refractivity contribution is -0.143. The number of unbranched alkanes of at least 4 members (excludes halogenated alkanes) is 3. The summed E-state index contributed by atoms with van der Waals surface area (Å²) in [5, 5.41) is 6.42. The van der Waals surface area contributed by atoms with Gasteiger partial charge in [0.05, 0.1) is 6.54 Å². The molecule has 1 saturated heterocycles. The van der Waals surface area contributed by atoms with E-state index in [9.17, 15) is 13.2 Å². The number of aliphatic imine (C=N–C) groups is 1. The molecule has 0 aromatic heterocycles. The van der Waals surface area contributed by atoms with Crippen LogP contribution in [0, 0.1) is 0 Å². The van der Waals surface area contributed by atoms with Gasteiger partial charge < -0.3 is 10.6 Å². The van der Waals surface area contributed by atoms with Crippen molar-refractivity contribution in [2.24, 2.45) is 4.99 Å². The van der Waals surface area contributed by atoms with Crippen LogP contribution in [0.3, 0.4) is 0 Å². The van der Waals surface area contributed by atoms with Crippen LogP contribution in [0.4, 0.5) is 13.2 Å². The topological polar surface area (TPSA) is 39.7 Å². The number of nitrogens with zero attached hydrogens (tertiary/aromatic N) is 2. The first-order valence-electron chi connectivity index (χ1n) is 7.71. The van der Waals surface area contributed by atoms with E-state index in [1.54, 1.807) is 7.05 Å². The Kier molecular flexibility index (Phi) is 7.85. The maximum absolute atomic E-state index is 12.3. The van der Waals surface area contributed by atoms with E-state index in [-0.39, 0.29) is 6.04 Å². The molecule has 4 nitrogen and oxygen atoms in total. The molecule has 0 spiro atoms. The maximum atomic E-state index is 12.3. The molecule has 1 atom stereocenters. The Balaban J connectivity index is 2.22. The molecule has 1 heterocycles. The first-order chi connectivity index (χ1) is 9.94. The lowest BCUT2D eigenvalue weighted by Gasteiger charge is -2.19. The average molecular weight is 308 g/mol. The summed E-state index contributed by atoms with van der Waals surface area (Å²) in [5.41, 5.74) is 0. The Hall–Kier alpha value is -0.980. The fourth-order valence-corrected chi connectivity index (χ4v) is 2.49. The van der Waals surface area contributed by atoms with Gasteiger partial charge in [0.15, 0.2) is 5.96 Å². The van der Waals surface area contributed by atoms with E-state index >= 15 is 0 Å². The highest BCUT2D eigenvalue weighted by Gasteiger charge is 2.34. The molecule has 7 heteroatoms. The Bertz CT molecular complexity index is 318. The van der Waals surface area contributed by atoms with Crippen LogP contribution in [0.2, 0.25) is 0 Å². The van der Waals surface area contributed by atoms with Crippen LogP contribution >= 0.6 is 0 Å². The predicted molar refractivity (Wildman–Crippen MR) is 79.5 cm³/mol. The Labute approximate surface area is 125 Å². The van der Waals surface area contributed by atoms with Gasteiger partial charge in [0.25, 0.3) is 0 Å². The van der Waals surface area contributed by atoms with Gasteiger partial charge in [0.2, 0.25) is 0 Å². The lowest BCUT2D eigenvalue weighted by Crippen LogP contribution is -2.45. The predicted octanol–water partition coefficient (Wildman–Crippen LogP) is 2.37. The summed E-state index contributed by atoms with van der Waals surface area (Å²) in [6, 6.07) is 0.0363. The molecule has 0 radical (unpaired) electrons. The number of hydrogen-bond acceptors (Lipinski definition) is 2. The SMILES string of the molecule is CCCCCCNC(=NC)NC1CCN(CC(F)(F)F)C1. The molecular formula is C14H27F3N4. The number of alkyl halides is 3. The minimum atomic E-state index is -4.12.